The van der Waals surface area contributed by atoms with E-state index in [0.717, 1.165) is 5.56 Å². The van der Waals surface area contributed by atoms with Gasteiger partial charge >= 0.3 is 23.5 Å². The van der Waals surface area contributed by atoms with Crippen LogP contribution in [-0.4, -0.2) is 81.5 Å². The first-order chi connectivity index (χ1) is 20.1. The van der Waals surface area contributed by atoms with Crippen molar-refractivity contribution in [1.29, 1.82) is 0 Å². The molecule has 1 aliphatic rings. The molecule has 44 heavy (non-hydrogen) atoms. The summed E-state index contributed by atoms with van der Waals surface area (Å²) in [5, 5.41) is 2.74. The number of rotatable bonds is 18. The first kappa shape index (κ1) is 39.1. The van der Waals surface area contributed by atoms with Gasteiger partial charge in [-0.2, -0.15) is 8.62 Å². The minimum Gasteiger partial charge on any atom is -0.373 e. The number of nitrogens with two attached hydrogens (primary N) is 1. The van der Waals surface area contributed by atoms with Gasteiger partial charge in [-0.15, -0.1) is 0 Å². The number of carbonyl (C=O) groups is 1. The Kier molecular flexibility index (Phi) is 14.3. The van der Waals surface area contributed by atoms with E-state index >= 15 is 0 Å². The highest BCUT2D eigenvalue weighted by Gasteiger charge is 2.43. The Balaban J connectivity index is 1.95. The molecular weight excluding hydrogens is 649 g/mol. The van der Waals surface area contributed by atoms with Crippen LogP contribution in [-0.2, 0) is 50.6 Å². The third-order valence-electron chi connectivity index (χ3n) is 5.88. The topological polar surface area (TPSA) is 252 Å². The minimum atomic E-state index is -5.69. The molecule has 7 N–H and O–H groups in total. The summed E-state index contributed by atoms with van der Waals surface area (Å²) in [6, 6.07) is 8.95. The number of carbonyl (C=O) groups excluding carboxylic acids is 1. The molecule has 0 radical (unpaired) electrons. The molecule has 0 bridgehead atoms. The second-order valence-corrected chi connectivity index (χ2v) is 15.7. The van der Waals surface area contributed by atoms with Gasteiger partial charge in [0.1, 0.15) is 17.9 Å². The number of phosphoric acid groups is 3. The average Bonchev–Trinajstić information content (AvgIpc) is 3.25. The average molecular weight is 693 g/mol. The van der Waals surface area contributed by atoms with Crippen molar-refractivity contribution in [2.45, 2.75) is 83.2 Å². The lowest BCUT2D eigenvalue weighted by atomic mass is 10.0. The van der Waals surface area contributed by atoms with Gasteiger partial charge in [-0.1, -0.05) is 30.3 Å². The Hall–Kier alpha value is -1.10. The molecule has 20 heteroatoms. The fourth-order valence-electron chi connectivity index (χ4n) is 3.90. The summed E-state index contributed by atoms with van der Waals surface area (Å²) >= 11 is 0. The summed E-state index contributed by atoms with van der Waals surface area (Å²) in [6.07, 6.45) is -2.88. The second kappa shape index (κ2) is 16.1. The fraction of sp³-hybridized carbons (Fsp3) is 0.708. The number of hydrogen-bond donors (Lipinski definition) is 6. The first-order valence-electron chi connectivity index (χ1n) is 13.5. The summed E-state index contributed by atoms with van der Waals surface area (Å²) in [7, 11) is -16.6. The Labute approximate surface area is 256 Å². The van der Waals surface area contributed by atoms with Crippen LogP contribution in [0.5, 0.6) is 0 Å². The third-order valence-corrected chi connectivity index (χ3v) is 9.68. The molecule has 1 aromatic carbocycles. The molecule has 17 nitrogen and oxygen atoms in total. The highest BCUT2D eigenvalue weighted by Crippen LogP contribution is 2.66. The van der Waals surface area contributed by atoms with Crippen LogP contribution >= 0.6 is 23.5 Å². The summed E-state index contributed by atoms with van der Waals surface area (Å²) in [4.78, 5) is 49.3. The van der Waals surface area contributed by atoms with Crippen LogP contribution < -0.4 is 11.1 Å². The van der Waals surface area contributed by atoms with Crippen LogP contribution in [0, 0.1) is 0 Å². The Bertz CT molecular complexity index is 1210. The van der Waals surface area contributed by atoms with Gasteiger partial charge in [-0.05, 0) is 40.2 Å². The predicted molar refractivity (Wildman–Crippen MR) is 155 cm³/mol. The van der Waals surface area contributed by atoms with Crippen LogP contribution in [0.15, 0.2) is 30.3 Å². The SMILES string of the molecule is CC(C)(C)OCCOC(C)(C)C(=O)NCCC(N)OC1C[C@H](c2ccccc2)O[C@@H]1COP(=O)(O)OP(=O)(O)OP(=O)(O)O. The van der Waals surface area contributed by atoms with Gasteiger partial charge in [0.05, 0.1) is 37.6 Å². The Morgan fingerprint density at radius 2 is 1.61 bits per heavy atom. The lowest BCUT2D eigenvalue weighted by molar-refractivity contribution is -0.146. The van der Waals surface area contributed by atoms with Crippen molar-refractivity contribution in [2.24, 2.45) is 5.73 Å². The minimum absolute atomic E-state index is 0.132. The number of hydrogen-bond acceptors (Lipinski definition) is 12. The van der Waals surface area contributed by atoms with E-state index in [1.165, 1.54) is 0 Å². The van der Waals surface area contributed by atoms with Gasteiger partial charge in [0.25, 0.3) is 5.91 Å². The van der Waals surface area contributed by atoms with Crippen LogP contribution in [0.3, 0.4) is 0 Å². The van der Waals surface area contributed by atoms with E-state index in [9.17, 15) is 28.3 Å². The van der Waals surface area contributed by atoms with Crippen molar-refractivity contribution >= 4 is 29.4 Å². The number of nitrogens with one attached hydrogen (secondary N) is 1. The predicted octanol–water partition coefficient (Wildman–Crippen LogP) is 2.65. The molecule has 4 unspecified atom stereocenters. The molecule has 2 rings (SSSR count). The van der Waals surface area contributed by atoms with Crippen molar-refractivity contribution in [3.8, 4) is 0 Å². The Morgan fingerprint density at radius 3 is 2.20 bits per heavy atom. The highest BCUT2D eigenvalue weighted by molar-refractivity contribution is 7.66. The molecule has 254 valence electrons. The van der Waals surface area contributed by atoms with Gasteiger partial charge in [0.2, 0.25) is 0 Å². The normalized spacial score (nSPS) is 23.1. The Morgan fingerprint density at radius 1 is 1.00 bits per heavy atom. The molecular formula is C24H43N2O15P3. The van der Waals surface area contributed by atoms with Crippen LogP contribution in [0.1, 0.15) is 59.1 Å². The van der Waals surface area contributed by atoms with E-state index in [1.54, 1.807) is 44.2 Å². The summed E-state index contributed by atoms with van der Waals surface area (Å²) in [5.41, 5.74) is 5.45. The van der Waals surface area contributed by atoms with Gasteiger partial charge < -0.3 is 49.6 Å². The molecule has 0 saturated carbocycles. The lowest BCUT2D eigenvalue weighted by Gasteiger charge is -2.27. The van der Waals surface area contributed by atoms with E-state index in [2.05, 4.69) is 13.9 Å². The van der Waals surface area contributed by atoms with Crippen molar-refractivity contribution in [1.82, 2.24) is 5.32 Å². The van der Waals surface area contributed by atoms with E-state index < -0.39 is 60.2 Å². The number of amides is 1. The standard InChI is InChI=1S/C24H43N2O15P3/c1-23(2,3)35-13-14-36-24(4,5)22(27)26-12-11-21(25)39-19-15-18(17-9-7-6-8-10-17)38-20(19)16-37-43(31,32)41-44(33,34)40-42(28,29)30/h6-10,18-21H,11-16,25H2,1-5H3,(H,26,27)(H,31,32)(H,33,34)(H2,28,29,30)/t18-,19?,20-,21?/m1/s1. The summed E-state index contributed by atoms with van der Waals surface area (Å²) in [5.74, 6) is -0.373. The van der Waals surface area contributed by atoms with E-state index in [-0.39, 0.29) is 37.5 Å². The summed E-state index contributed by atoms with van der Waals surface area (Å²) in [6.45, 7) is 8.94. The van der Waals surface area contributed by atoms with Crippen molar-refractivity contribution in [3.05, 3.63) is 35.9 Å². The largest absolute Gasteiger partial charge is 0.490 e. The zero-order chi connectivity index (χ0) is 33.4. The molecule has 1 heterocycles. The van der Waals surface area contributed by atoms with Crippen LogP contribution in [0.25, 0.3) is 0 Å². The second-order valence-electron chi connectivity index (χ2n) is 11.3. The molecule has 1 amide bonds. The molecule has 0 aromatic heterocycles. The van der Waals surface area contributed by atoms with Crippen molar-refractivity contribution in [2.75, 3.05) is 26.4 Å². The van der Waals surface area contributed by atoms with Crippen LogP contribution in [0.4, 0.5) is 0 Å². The number of benzene rings is 1. The molecule has 1 saturated heterocycles. The smallest absolute Gasteiger partial charge is 0.373 e. The molecule has 1 aromatic rings. The molecule has 1 fully saturated rings. The summed E-state index contributed by atoms with van der Waals surface area (Å²) < 4.78 is 70.1. The van der Waals surface area contributed by atoms with Crippen molar-refractivity contribution in [3.63, 3.8) is 0 Å². The lowest BCUT2D eigenvalue weighted by Crippen LogP contribution is -2.46. The maximum absolute atomic E-state index is 12.6. The molecule has 1 aliphatic heterocycles. The maximum Gasteiger partial charge on any atom is 0.490 e. The van der Waals surface area contributed by atoms with Gasteiger partial charge in [0.15, 0.2) is 0 Å². The number of ether oxygens (including phenoxy) is 4. The molecule has 0 spiro atoms. The zero-order valence-electron chi connectivity index (χ0n) is 25.1. The van der Waals surface area contributed by atoms with Gasteiger partial charge in [-0.3, -0.25) is 9.32 Å². The molecule has 0 aliphatic carbocycles. The fourth-order valence-corrected chi connectivity index (χ4v) is 6.93. The van der Waals surface area contributed by atoms with Gasteiger partial charge in [-0.25, -0.2) is 13.7 Å². The molecule has 6 atom stereocenters. The van der Waals surface area contributed by atoms with E-state index in [1.807, 2.05) is 20.8 Å². The zero-order valence-corrected chi connectivity index (χ0v) is 27.8. The van der Waals surface area contributed by atoms with E-state index in [4.69, 9.17) is 39.0 Å². The quantitative estimate of drug-likeness (QED) is 0.0735. The highest BCUT2D eigenvalue weighted by atomic mass is 31.3. The third kappa shape index (κ3) is 15.0. The van der Waals surface area contributed by atoms with Gasteiger partial charge in [0, 0.05) is 19.4 Å². The van der Waals surface area contributed by atoms with Crippen LogP contribution in [0.2, 0.25) is 0 Å². The van der Waals surface area contributed by atoms with E-state index in [0.29, 0.717) is 6.61 Å². The number of phosphoric ester groups is 1. The van der Waals surface area contributed by atoms with Crippen molar-refractivity contribution < 1.29 is 70.2 Å². The first-order valence-corrected chi connectivity index (χ1v) is 18.1. The monoisotopic (exact) mass is 692 g/mol. The maximum atomic E-state index is 12.6.